The molecule has 2 rings (SSSR count). The molecule has 0 saturated heterocycles. The van der Waals surface area contributed by atoms with Gasteiger partial charge in [-0.25, -0.2) is 0 Å². The van der Waals surface area contributed by atoms with E-state index in [1.165, 1.54) is 6.08 Å². The average Bonchev–Trinajstić information content (AvgIpc) is 2.95. The molecule has 0 aliphatic carbocycles. The van der Waals surface area contributed by atoms with Crippen LogP contribution >= 0.6 is 27.3 Å². The average molecular weight is 409 g/mol. The molecule has 0 spiro atoms. The second-order valence-corrected chi connectivity index (χ2v) is 6.86. The predicted octanol–water partition coefficient (Wildman–Crippen LogP) is 3.45. The molecule has 126 valence electrons. The highest BCUT2D eigenvalue weighted by Gasteiger charge is 2.15. The van der Waals surface area contributed by atoms with Crippen molar-refractivity contribution in [1.82, 2.24) is 10.9 Å². The van der Waals surface area contributed by atoms with Crippen LogP contribution in [0, 0.1) is 6.92 Å². The van der Waals surface area contributed by atoms with Crippen molar-refractivity contribution in [3.63, 3.8) is 0 Å². The topological polar surface area (TPSA) is 67.4 Å². The maximum atomic E-state index is 11.9. The number of carbonyl (C=O) groups is 2. The van der Waals surface area contributed by atoms with E-state index < -0.39 is 17.9 Å². The smallest absolute Gasteiger partial charge is 0.279 e. The minimum absolute atomic E-state index is 0.411. The number of benzene rings is 1. The highest BCUT2D eigenvalue weighted by molar-refractivity contribution is 9.10. The highest BCUT2D eigenvalue weighted by atomic mass is 79.9. The first-order valence-electron chi connectivity index (χ1n) is 7.20. The summed E-state index contributed by atoms with van der Waals surface area (Å²) in [7, 11) is 0. The van der Waals surface area contributed by atoms with E-state index >= 15 is 0 Å². The minimum atomic E-state index is -0.747. The summed E-state index contributed by atoms with van der Waals surface area (Å²) in [4.78, 5) is 24.7. The number of ether oxygens (including phenoxy) is 1. The second-order valence-electron chi connectivity index (χ2n) is 5.00. The van der Waals surface area contributed by atoms with Crippen molar-refractivity contribution in [2.75, 3.05) is 0 Å². The molecule has 0 saturated carbocycles. The maximum absolute atomic E-state index is 11.9. The van der Waals surface area contributed by atoms with Crippen molar-refractivity contribution in [3.8, 4) is 5.75 Å². The van der Waals surface area contributed by atoms with Crippen molar-refractivity contribution < 1.29 is 14.3 Å². The Kier molecular flexibility index (Phi) is 6.57. The van der Waals surface area contributed by atoms with E-state index in [9.17, 15) is 9.59 Å². The zero-order chi connectivity index (χ0) is 17.5. The molecule has 2 amide bonds. The fourth-order valence-corrected chi connectivity index (χ4v) is 2.97. The third-order valence-electron chi connectivity index (χ3n) is 3.07. The normalized spacial score (nSPS) is 12.0. The summed E-state index contributed by atoms with van der Waals surface area (Å²) < 4.78 is 6.37. The van der Waals surface area contributed by atoms with Gasteiger partial charge in [-0.1, -0.05) is 22.0 Å². The van der Waals surface area contributed by atoms with Crippen molar-refractivity contribution in [2.45, 2.75) is 20.0 Å². The summed E-state index contributed by atoms with van der Waals surface area (Å²) in [6, 6.07) is 9.15. The molecule has 7 heteroatoms. The lowest BCUT2D eigenvalue weighted by molar-refractivity contribution is -0.131. The van der Waals surface area contributed by atoms with Gasteiger partial charge in [-0.3, -0.25) is 20.4 Å². The summed E-state index contributed by atoms with van der Waals surface area (Å²) in [5.74, 6) is -0.291. The van der Waals surface area contributed by atoms with Crippen LogP contribution in [0.1, 0.15) is 17.4 Å². The van der Waals surface area contributed by atoms with Crippen LogP contribution in [0.25, 0.3) is 6.08 Å². The van der Waals surface area contributed by atoms with E-state index in [2.05, 4.69) is 26.8 Å². The highest BCUT2D eigenvalue weighted by Crippen LogP contribution is 2.19. The first kappa shape index (κ1) is 18.2. The van der Waals surface area contributed by atoms with Crippen LogP contribution < -0.4 is 15.6 Å². The first-order chi connectivity index (χ1) is 11.5. The van der Waals surface area contributed by atoms with Gasteiger partial charge in [0.15, 0.2) is 6.10 Å². The van der Waals surface area contributed by atoms with Gasteiger partial charge in [-0.2, -0.15) is 0 Å². The molecule has 2 N–H and O–H groups in total. The monoisotopic (exact) mass is 408 g/mol. The van der Waals surface area contributed by atoms with Crippen LogP contribution in [-0.4, -0.2) is 17.9 Å². The standard InChI is InChI=1S/C17H17BrN2O3S/c1-11-8-9-24-15(11)6-7-16(21)19-20-17(22)12(2)23-14-5-3-4-13(18)10-14/h3-10,12H,1-2H3,(H,19,21)(H,20,22)/b7-6+/t12-/m1/s1. The molecule has 1 heterocycles. The van der Waals surface area contributed by atoms with Gasteiger partial charge in [-0.05, 0) is 55.1 Å². The number of nitrogens with one attached hydrogen (secondary N) is 2. The van der Waals surface area contributed by atoms with E-state index in [-0.39, 0.29) is 0 Å². The van der Waals surface area contributed by atoms with E-state index in [1.54, 1.807) is 36.5 Å². The molecule has 5 nitrogen and oxygen atoms in total. The number of thiophene rings is 1. The summed E-state index contributed by atoms with van der Waals surface area (Å²) >= 11 is 4.88. The number of hydrazine groups is 1. The molecule has 1 aromatic carbocycles. The van der Waals surface area contributed by atoms with E-state index in [0.29, 0.717) is 5.75 Å². The molecular formula is C17H17BrN2O3S. The summed E-state index contributed by atoms with van der Waals surface area (Å²) in [5, 5.41) is 1.95. The molecule has 1 aromatic heterocycles. The number of carbonyl (C=O) groups excluding carboxylic acids is 2. The Labute approximate surface area is 152 Å². The van der Waals surface area contributed by atoms with Crippen LogP contribution in [0.15, 0.2) is 46.3 Å². The Morgan fingerprint density at radius 2 is 2.08 bits per heavy atom. The number of halogens is 1. The van der Waals surface area contributed by atoms with Gasteiger partial charge >= 0.3 is 0 Å². The third-order valence-corrected chi connectivity index (χ3v) is 4.55. The first-order valence-corrected chi connectivity index (χ1v) is 8.87. The Bertz CT molecular complexity index is 758. The molecule has 0 unspecified atom stereocenters. The Morgan fingerprint density at radius 3 is 2.75 bits per heavy atom. The molecule has 0 radical (unpaired) electrons. The molecular weight excluding hydrogens is 392 g/mol. The van der Waals surface area contributed by atoms with Crippen molar-refractivity contribution >= 4 is 45.2 Å². The number of hydrogen-bond donors (Lipinski definition) is 2. The molecule has 0 aliphatic rings. The molecule has 2 aromatic rings. The number of amides is 2. The summed E-state index contributed by atoms with van der Waals surface area (Å²) in [5.41, 5.74) is 5.77. The van der Waals surface area contributed by atoms with Gasteiger partial charge in [-0.15, -0.1) is 11.3 Å². The number of rotatable bonds is 5. The lowest BCUT2D eigenvalue weighted by atomic mass is 10.3. The van der Waals surface area contributed by atoms with Gasteiger partial charge in [0.2, 0.25) is 0 Å². The summed E-state index contributed by atoms with van der Waals surface area (Å²) in [6.07, 6.45) is 2.34. The fourth-order valence-electron chi connectivity index (χ4n) is 1.77. The molecule has 0 fully saturated rings. The van der Waals surface area contributed by atoms with E-state index in [0.717, 1.165) is 14.9 Å². The molecule has 24 heavy (non-hydrogen) atoms. The molecule has 1 atom stereocenters. The van der Waals surface area contributed by atoms with Crippen LogP contribution in [0.5, 0.6) is 5.75 Å². The Morgan fingerprint density at radius 1 is 1.29 bits per heavy atom. The fraction of sp³-hybridized carbons (Fsp3) is 0.176. The van der Waals surface area contributed by atoms with Gasteiger partial charge in [0.1, 0.15) is 5.75 Å². The predicted molar refractivity (Wildman–Crippen MR) is 98.6 cm³/mol. The maximum Gasteiger partial charge on any atom is 0.279 e. The quantitative estimate of drug-likeness (QED) is 0.587. The van der Waals surface area contributed by atoms with Crippen molar-refractivity contribution in [2.24, 2.45) is 0 Å². The van der Waals surface area contributed by atoms with Crippen molar-refractivity contribution in [3.05, 3.63) is 56.7 Å². The molecule has 0 aliphatic heterocycles. The van der Waals surface area contributed by atoms with Gasteiger partial charge < -0.3 is 4.74 Å². The van der Waals surface area contributed by atoms with Gasteiger partial charge in [0, 0.05) is 15.4 Å². The SMILES string of the molecule is Cc1ccsc1/C=C/C(=O)NNC(=O)[C@@H](C)Oc1cccc(Br)c1. The zero-order valence-electron chi connectivity index (χ0n) is 13.2. The van der Waals surface area contributed by atoms with Crippen LogP contribution in [-0.2, 0) is 9.59 Å². The lowest BCUT2D eigenvalue weighted by Gasteiger charge is -2.14. The van der Waals surface area contributed by atoms with Gasteiger partial charge in [0.25, 0.3) is 11.8 Å². The molecule has 0 bridgehead atoms. The largest absolute Gasteiger partial charge is 0.481 e. The van der Waals surface area contributed by atoms with Crippen LogP contribution in [0.2, 0.25) is 0 Å². The Hall–Kier alpha value is -2.12. The number of aryl methyl sites for hydroxylation is 1. The second kappa shape index (κ2) is 8.65. The van der Waals surface area contributed by atoms with Crippen LogP contribution in [0.4, 0.5) is 0 Å². The van der Waals surface area contributed by atoms with Crippen molar-refractivity contribution in [1.29, 1.82) is 0 Å². The minimum Gasteiger partial charge on any atom is -0.481 e. The van der Waals surface area contributed by atoms with Gasteiger partial charge in [0.05, 0.1) is 0 Å². The summed E-state index contributed by atoms with van der Waals surface area (Å²) in [6.45, 7) is 3.57. The Balaban J connectivity index is 1.80. The zero-order valence-corrected chi connectivity index (χ0v) is 15.6. The third kappa shape index (κ3) is 5.50. The van der Waals surface area contributed by atoms with Crippen LogP contribution in [0.3, 0.4) is 0 Å². The van der Waals surface area contributed by atoms with E-state index in [4.69, 9.17) is 4.74 Å². The van der Waals surface area contributed by atoms with E-state index in [1.807, 2.05) is 30.5 Å². The lowest BCUT2D eigenvalue weighted by Crippen LogP contribution is -2.46. The number of hydrogen-bond acceptors (Lipinski definition) is 4.